The zero-order valence-corrected chi connectivity index (χ0v) is 38.3. The van der Waals surface area contributed by atoms with Gasteiger partial charge in [0.2, 0.25) is 0 Å². The number of nitrogens with one attached hydrogen (secondary N) is 1. The second-order valence-corrected chi connectivity index (χ2v) is 17.0. The smallest absolute Gasteiger partial charge is 0.312 e. The molecule has 0 saturated heterocycles. The quantitative estimate of drug-likeness (QED) is 0.0270. The second-order valence-electron chi connectivity index (χ2n) is 17.0. The van der Waals surface area contributed by atoms with Gasteiger partial charge in [0.05, 0.1) is 53.0 Å². The maximum Gasteiger partial charge on any atom is 0.312 e. The minimum absolute atomic E-state index is 0.0306. The SMILES string of the molecule is CO[C@@H]1C=CO[C@@]2(C)Oc3c(C)c(O)c4c(O)c(c(C=NOC/C=C(/C)CCC=C(C)C)c(O)c4c3C2=O)NC(=O)C(C)=CC=C[C@H](C)[C@H](O)[C@H](C)[C@H](O)[C@H](C)[C@H](OC(C)=O)[C@H]1C. The third kappa shape index (κ3) is 11.1. The molecule has 3 heterocycles. The molecule has 344 valence electrons. The summed E-state index contributed by atoms with van der Waals surface area (Å²) in [5.74, 6) is -8.70. The van der Waals surface area contributed by atoms with Crippen LogP contribution >= 0.6 is 0 Å². The van der Waals surface area contributed by atoms with Crippen molar-refractivity contribution in [1.29, 1.82) is 0 Å². The third-order valence-corrected chi connectivity index (χ3v) is 11.9. The van der Waals surface area contributed by atoms with Crippen molar-refractivity contribution < 1.29 is 63.7 Å². The fourth-order valence-electron chi connectivity index (χ4n) is 7.88. The van der Waals surface area contributed by atoms with Crippen LogP contribution in [-0.4, -0.2) is 93.3 Å². The molecule has 5 bridgehead atoms. The highest BCUT2D eigenvalue weighted by Crippen LogP contribution is 2.55. The van der Waals surface area contributed by atoms with Crippen LogP contribution in [0.25, 0.3) is 10.8 Å². The number of aromatic hydroxyl groups is 3. The van der Waals surface area contributed by atoms with Gasteiger partial charge in [-0.15, -0.1) is 0 Å². The Morgan fingerprint density at radius 2 is 1.60 bits per heavy atom. The predicted octanol–water partition coefficient (Wildman–Crippen LogP) is 7.80. The molecule has 2 aromatic rings. The molecule has 63 heavy (non-hydrogen) atoms. The number of esters is 1. The van der Waals surface area contributed by atoms with E-state index in [1.807, 2.05) is 26.8 Å². The van der Waals surface area contributed by atoms with E-state index in [0.717, 1.165) is 24.6 Å². The number of carbonyl (C=O) groups is 3. The number of ether oxygens (including phenoxy) is 4. The van der Waals surface area contributed by atoms with E-state index >= 15 is 0 Å². The Balaban J connectivity index is 1.91. The lowest BCUT2D eigenvalue weighted by atomic mass is 9.78. The van der Waals surface area contributed by atoms with Crippen molar-refractivity contribution in [2.24, 2.45) is 28.8 Å². The molecule has 0 aromatic heterocycles. The van der Waals surface area contributed by atoms with Crippen LogP contribution in [0.5, 0.6) is 23.0 Å². The van der Waals surface area contributed by atoms with E-state index in [0.29, 0.717) is 0 Å². The first-order chi connectivity index (χ1) is 29.6. The fraction of sp³-hybridized carbons (Fsp3) is 0.500. The van der Waals surface area contributed by atoms with Crippen LogP contribution in [0.2, 0.25) is 0 Å². The van der Waals surface area contributed by atoms with E-state index < -0.39 is 88.8 Å². The first-order valence-electron chi connectivity index (χ1n) is 21.1. The van der Waals surface area contributed by atoms with Crippen molar-refractivity contribution in [1.82, 2.24) is 0 Å². The van der Waals surface area contributed by atoms with Crippen LogP contribution in [0, 0.1) is 30.6 Å². The number of hydrogen-bond donors (Lipinski definition) is 6. The van der Waals surface area contributed by atoms with Crippen LogP contribution in [-0.2, 0) is 28.6 Å². The number of ketones is 1. The summed E-state index contributed by atoms with van der Waals surface area (Å²) in [6.07, 6.45) is 10.2. The highest BCUT2D eigenvalue weighted by Gasteiger charge is 2.50. The molecule has 0 saturated carbocycles. The second kappa shape index (κ2) is 21.2. The number of hydrogen-bond acceptors (Lipinski definition) is 14. The van der Waals surface area contributed by atoms with E-state index in [-0.39, 0.29) is 51.1 Å². The van der Waals surface area contributed by atoms with Gasteiger partial charge in [0.1, 0.15) is 30.0 Å². The Kier molecular flexibility index (Phi) is 16.8. The van der Waals surface area contributed by atoms with Gasteiger partial charge >= 0.3 is 11.8 Å². The molecule has 3 aliphatic rings. The van der Waals surface area contributed by atoms with E-state index in [9.17, 15) is 39.9 Å². The molecule has 6 N–H and O–H groups in total. The number of oxime groups is 1. The van der Waals surface area contributed by atoms with E-state index in [4.69, 9.17) is 23.8 Å². The number of phenols is 3. The average molecular weight is 877 g/mol. The standard InChI is InChI=1S/C48H64N2O13/c1-24(2)15-13-16-25(3)19-22-61-49-23-33-38-43(56)36-35(42(33)55)37-45(31(9)41(36)54)63-48(11,46(37)57)60-21-20-34(59-12)28(6)44(62-32(10)51)30(8)40(53)29(7)39(52)26(4)17-14-18-27(5)47(58)50-38/h14-15,17-21,23,26,28-30,34,39-40,44,52-56H,13,16,22H2,1-12H3,(H,50,58)/b17-14?,21-20?,25-19-,27-18?,49-23?/t26-,28-,29-,30-,34+,39-,40-,44+,48-/m0/s1. The number of allylic oxidation sites excluding steroid dienone is 5. The van der Waals surface area contributed by atoms with Gasteiger partial charge in [-0.25, -0.2) is 0 Å². The summed E-state index contributed by atoms with van der Waals surface area (Å²) in [4.78, 5) is 46.0. The van der Waals surface area contributed by atoms with Gasteiger partial charge in [-0.1, -0.05) is 68.3 Å². The van der Waals surface area contributed by atoms with E-state index in [1.54, 1.807) is 39.8 Å². The highest BCUT2D eigenvalue weighted by molar-refractivity contribution is 6.23. The number of benzene rings is 2. The fourth-order valence-corrected chi connectivity index (χ4v) is 7.88. The number of aliphatic hydroxyl groups excluding tert-OH is 2. The lowest BCUT2D eigenvalue weighted by Gasteiger charge is -2.38. The van der Waals surface area contributed by atoms with Gasteiger partial charge in [-0.2, -0.15) is 0 Å². The van der Waals surface area contributed by atoms with Crippen molar-refractivity contribution in [3.8, 4) is 23.0 Å². The summed E-state index contributed by atoms with van der Waals surface area (Å²) in [6.45, 7) is 18.5. The van der Waals surface area contributed by atoms with Crippen LogP contribution in [0.4, 0.5) is 5.69 Å². The molecule has 5 rings (SSSR count). The minimum Gasteiger partial charge on any atom is -0.507 e. The number of rotatable bonds is 9. The van der Waals surface area contributed by atoms with Gasteiger partial charge in [-0.3, -0.25) is 14.4 Å². The summed E-state index contributed by atoms with van der Waals surface area (Å²) in [6, 6.07) is 0. The zero-order valence-electron chi connectivity index (χ0n) is 38.3. The summed E-state index contributed by atoms with van der Waals surface area (Å²) in [5, 5.41) is 64.4. The summed E-state index contributed by atoms with van der Waals surface area (Å²) < 4.78 is 23.6. The predicted molar refractivity (Wildman–Crippen MR) is 240 cm³/mol. The molecule has 1 amide bonds. The molecular formula is C48H64N2O13. The summed E-state index contributed by atoms with van der Waals surface area (Å²) in [7, 11) is 1.43. The number of Topliss-reactive ketones (excluding diaryl/α,β-unsaturated/α-hetero) is 1. The monoisotopic (exact) mass is 876 g/mol. The molecule has 15 nitrogen and oxygen atoms in total. The molecular weight excluding hydrogens is 813 g/mol. The lowest BCUT2D eigenvalue weighted by Crippen LogP contribution is -2.46. The summed E-state index contributed by atoms with van der Waals surface area (Å²) >= 11 is 0. The Morgan fingerprint density at radius 3 is 2.24 bits per heavy atom. The van der Waals surface area contributed by atoms with Crippen LogP contribution in [0.15, 0.2) is 64.6 Å². The number of nitrogens with zero attached hydrogens (tertiary/aromatic N) is 1. The van der Waals surface area contributed by atoms with Crippen molar-refractivity contribution in [3.63, 3.8) is 0 Å². The number of aliphatic hydroxyl groups is 2. The zero-order chi connectivity index (χ0) is 47.1. The number of anilines is 1. The van der Waals surface area contributed by atoms with E-state index in [2.05, 4.69) is 16.5 Å². The van der Waals surface area contributed by atoms with Gasteiger partial charge in [0.15, 0.2) is 5.75 Å². The minimum atomic E-state index is -2.07. The first-order valence-corrected chi connectivity index (χ1v) is 21.1. The number of carbonyl (C=O) groups excluding carboxylic acids is 3. The molecule has 0 fully saturated rings. The maximum absolute atomic E-state index is 14.4. The van der Waals surface area contributed by atoms with Crippen molar-refractivity contribution in [3.05, 3.63) is 76.1 Å². The average Bonchev–Trinajstić information content (AvgIpc) is 3.49. The van der Waals surface area contributed by atoms with Gasteiger partial charge in [-0.05, 0) is 59.6 Å². The molecule has 0 unspecified atom stereocenters. The largest absolute Gasteiger partial charge is 0.507 e. The molecule has 0 aliphatic carbocycles. The van der Waals surface area contributed by atoms with Crippen LogP contribution in [0.3, 0.4) is 0 Å². The van der Waals surface area contributed by atoms with Gasteiger partial charge in [0.25, 0.3) is 11.7 Å². The number of amides is 1. The maximum atomic E-state index is 14.4. The normalized spacial score (nSPS) is 27.3. The van der Waals surface area contributed by atoms with Crippen molar-refractivity contribution >= 4 is 40.3 Å². The van der Waals surface area contributed by atoms with Crippen LogP contribution in [0.1, 0.15) is 104 Å². The topological polar surface area (TPSA) is 223 Å². The highest BCUT2D eigenvalue weighted by atomic mass is 16.7. The molecule has 0 radical (unpaired) electrons. The van der Waals surface area contributed by atoms with Gasteiger partial charge < -0.3 is 54.6 Å². The summed E-state index contributed by atoms with van der Waals surface area (Å²) in [5.41, 5.74) is 1.64. The Hall–Kier alpha value is -5.64. The van der Waals surface area contributed by atoms with Crippen molar-refractivity contribution in [2.45, 2.75) is 119 Å². The van der Waals surface area contributed by atoms with E-state index in [1.165, 1.54) is 58.8 Å². The van der Waals surface area contributed by atoms with Crippen molar-refractivity contribution in [2.75, 3.05) is 19.0 Å². The molecule has 9 atom stereocenters. The number of methoxy groups -OCH3 is 1. The Morgan fingerprint density at radius 1 is 0.921 bits per heavy atom. The Bertz CT molecular complexity index is 2230. The third-order valence-electron chi connectivity index (χ3n) is 11.9. The number of fused-ring (bicyclic) bond motifs is 14. The van der Waals surface area contributed by atoms with Crippen LogP contribution < -0.4 is 10.1 Å². The molecule has 15 heteroatoms. The Labute approximate surface area is 369 Å². The lowest BCUT2D eigenvalue weighted by molar-refractivity contribution is -0.160. The molecule has 3 aliphatic heterocycles. The molecule has 2 aromatic carbocycles. The first kappa shape index (κ1) is 50.0. The van der Waals surface area contributed by atoms with Gasteiger partial charge in [0, 0.05) is 61.2 Å². The number of phenolic OH excluding ortho intramolecular Hbond substituents is 3. The molecule has 0 spiro atoms.